The zero-order valence-corrected chi connectivity index (χ0v) is 8.71. The highest BCUT2D eigenvalue weighted by molar-refractivity contribution is 5.39. The lowest BCUT2D eigenvalue weighted by molar-refractivity contribution is -0.131. The summed E-state index contributed by atoms with van der Waals surface area (Å²) >= 11 is 0. The smallest absolute Gasteiger partial charge is 0.293 e. The van der Waals surface area contributed by atoms with Crippen molar-refractivity contribution in [1.82, 2.24) is 0 Å². The number of carbonyl (C=O) groups excluding carboxylic acids is 2. The van der Waals surface area contributed by atoms with Crippen molar-refractivity contribution in [3.63, 3.8) is 0 Å². The van der Waals surface area contributed by atoms with Crippen LogP contribution in [0.5, 0.6) is 0 Å². The predicted molar refractivity (Wildman–Crippen MR) is 48.0 cm³/mol. The van der Waals surface area contributed by atoms with E-state index in [2.05, 4.69) is 9.47 Å². The van der Waals surface area contributed by atoms with Gasteiger partial charge in [-0.3, -0.25) is 9.59 Å². The molecule has 0 N–H and O–H groups in total. The second kappa shape index (κ2) is 5.99. The molecule has 0 aliphatic rings. The van der Waals surface area contributed by atoms with Crippen LogP contribution in [0.3, 0.4) is 0 Å². The summed E-state index contributed by atoms with van der Waals surface area (Å²) in [7, 11) is 0. The summed E-state index contributed by atoms with van der Waals surface area (Å²) in [6.07, 6.45) is 0. The Morgan fingerprint density at radius 1 is 0.722 bits per heavy atom. The van der Waals surface area contributed by atoms with Gasteiger partial charge in [0.1, 0.15) is 13.2 Å². The van der Waals surface area contributed by atoms with E-state index in [0.717, 1.165) is 0 Å². The number of ether oxygens (including phenoxy) is 2. The standard InChI is InChI=1S/C10H6F4O4/c11-7-5(1-17-3-15)8(12)10(14)6(9(7)13)2-18-4-16/h3-4H,1-2H2. The van der Waals surface area contributed by atoms with Crippen LogP contribution in [0.1, 0.15) is 11.1 Å². The van der Waals surface area contributed by atoms with E-state index in [-0.39, 0.29) is 12.9 Å². The number of hydrogen-bond acceptors (Lipinski definition) is 4. The quantitative estimate of drug-likeness (QED) is 0.445. The Kier molecular flexibility index (Phi) is 4.64. The predicted octanol–water partition coefficient (Wildman–Crippen LogP) is 1.59. The number of rotatable bonds is 6. The van der Waals surface area contributed by atoms with E-state index in [1.807, 2.05) is 0 Å². The highest BCUT2D eigenvalue weighted by atomic mass is 19.2. The van der Waals surface area contributed by atoms with Crippen LogP contribution in [0.2, 0.25) is 0 Å². The average molecular weight is 266 g/mol. The second-order valence-corrected chi connectivity index (χ2v) is 3.03. The fourth-order valence-corrected chi connectivity index (χ4v) is 1.21. The monoisotopic (exact) mass is 266 g/mol. The molecule has 0 aromatic heterocycles. The summed E-state index contributed by atoms with van der Waals surface area (Å²) in [6.45, 7) is -2.16. The molecule has 18 heavy (non-hydrogen) atoms. The maximum Gasteiger partial charge on any atom is 0.293 e. The van der Waals surface area contributed by atoms with Gasteiger partial charge in [-0.25, -0.2) is 17.6 Å². The number of benzene rings is 1. The Hall–Kier alpha value is -2.12. The van der Waals surface area contributed by atoms with Crippen LogP contribution in [0, 0.1) is 23.3 Å². The molecule has 0 heterocycles. The molecule has 0 atom stereocenters. The SMILES string of the molecule is O=COCc1c(F)c(F)c(COC=O)c(F)c1F. The topological polar surface area (TPSA) is 52.6 Å². The van der Waals surface area contributed by atoms with Gasteiger partial charge in [0.2, 0.25) is 0 Å². The van der Waals surface area contributed by atoms with E-state index in [4.69, 9.17) is 0 Å². The summed E-state index contributed by atoms with van der Waals surface area (Å²) in [5, 5.41) is 0. The molecule has 8 heteroatoms. The summed E-state index contributed by atoms with van der Waals surface area (Å²) < 4.78 is 61.4. The van der Waals surface area contributed by atoms with Gasteiger partial charge in [-0.1, -0.05) is 0 Å². The van der Waals surface area contributed by atoms with Crippen LogP contribution in [0.25, 0.3) is 0 Å². The van der Waals surface area contributed by atoms with Crippen LogP contribution in [0.15, 0.2) is 0 Å². The maximum atomic E-state index is 13.3. The summed E-state index contributed by atoms with van der Waals surface area (Å²) in [5.41, 5.74) is -2.13. The van der Waals surface area contributed by atoms with E-state index < -0.39 is 47.6 Å². The minimum Gasteiger partial charge on any atom is -0.463 e. The van der Waals surface area contributed by atoms with Crippen molar-refractivity contribution in [2.24, 2.45) is 0 Å². The van der Waals surface area contributed by atoms with Gasteiger partial charge in [0, 0.05) is 0 Å². The molecule has 1 aromatic carbocycles. The molecule has 0 aliphatic heterocycles. The van der Waals surface area contributed by atoms with Gasteiger partial charge in [-0.15, -0.1) is 0 Å². The van der Waals surface area contributed by atoms with Crippen LogP contribution in [-0.4, -0.2) is 12.9 Å². The van der Waals surface area contributed by atoms with E-state index in [0.29, 0.717) is 0 Å². The van der Waals surface area contributed by atoms with Crippen molar-refractivity contribution in [1.29, 1.82) is 0 Å². The third-order valence-electron chi connectivity index (χ3n) is 2.04. The van der Waals surface area contributed by atoms with Gasteiger partial charge in [0.25, 0.3) is 12.9 Å². The Morgan fingerprint density at radius 3 is 1.22 bits per heavy atom. The summed E-state index contributed by atoms with van der Waals surface area (Å²) in [6, 6.07) is 0. The summed E-state index contributed by atoms with van der Waals surface area (Å²) in [4.78, 5) is 19.7. The Bertz CT molecular complexity index is 403. The van der Waals surface area contributed by atoms with Gasteiger partial charge in [-0.05, 0) is 0 Å². The lowest BCUT2D eigenvalue weighted by atomic mass is 10.1. The van der Waals surface area contributed by atoms with Gasteiger partial charge >= 0.3 is 0 Å². The highest BCUT2D eigenvalue weighted by Crippen LogP contribution is 2.25. The van der Waals surface area contributed by atoms with Crippen LogP contribution in [-0.2, 0) is 32.3 Å². The third-order valence-corrected chi connectivity index (χ3v) is 2.04. The Labute approximate surface area is 98.1 Å². The van der Waals surface area contributed by atoms with Gasteiger partial charge < -0.3 is 9.47 Å². The van der Waals surface area contributed by atoms with Crippen LogP contribution >= 0.6 is 0 Å². The van der Waals surface area contributed by atoms with Crippen molar-refractivity contribution in [3.8, 4) is 0 Å². The first-order valence-electron chi connectivity index (χ1n) is 4.48. The lowest BCUT2D eigenvalue weighted by Crippen LogP contribution is -2.10. The van der Waals surface area contributed by atoms with Crippen molar-refractivity contribution >= 4 is 12.9 Å². The molecular formula is C10H6F4O4. The van der Waals surface area contributed by atoms with Crippen LogP contribution in [0.4, 0.5) is 17.6 Å². The lowest BCUT2D eigenvalue weighted by Gasteiger charge is -2.10. The minimum absolute atomic E-state index is 0.127. The fourth-order valence-electron chi connectivity index (χ4n) is 1.21. The molecule has 4 nitrogen and oxygen atoms in total. The molecule has 0 radical (unpaired) electrons. The normalized spacial score (nSPS) is 10.0. The van der Waals surface area contributed by atoms with E-state index in [1.165, 1.54) is 0 Å². The highest BCUT2D eigenvalue weighted by Gasteiger charge is 2.25. The van der Waals surface area contributed by atoms with Crippen molar-refractivity contribution < 1.29 is 36.6 Å². The molecule has 0 saturated carbocycles. The van der Waals surface area contributed by atoms with Crippen LogP contribution < -0.4 is 0 Å². The molecule has 0 spiro atoms. The summed E-state index contributed by atoms with van der Waals surface area (Å²) in [5.74, 6) is -6.83. The zero-order valence-electron chi connectivity index (χ0n) is 8.71. The first kappa shape index (κ1) is 13.9. The van der Waals surface area contributed by atoms with Gasteiger partial charge in [0.05, 0.1) is 11.1 Å². The molecule has 0 fully saturated rings. The van der Waals surface area contributed by atoms with Crippen molar-refractivity contribution in [3.05, 3.63) is 34.4 Å². The largest absolute Gasteiger partial charge is 0.463 e. The molecule has 0 unspecified atom stereocenters. The van der Waals surface area contributed by atoms with Crippen molar-refractivity contribution in [2.45, 2.75) is 13.2 Å². The molecule has 0 saturated heterocycles. The molecule has 1 aromatic rings. The first-order valence-corrected chi connectivity index (χ1v) is 4.48. The Balaban J connectivity index is 3.25. The van der Waals surface area contributed by atoms with Gasteiger partial charge in [0.15, 0.2) is 23.3 Å². The first-order chi connectivity index (χ1) is 8.54. The molecule has 1 rings (SSSR count). The maximum absolute atomic E-state index is 13.3. The third kappa shape index (κ3) is 2.58. The number of hydrogen-bond donors (Lipinski definition) is 0. The number of carbonyl (C=O) groups is 2. The van der Waals surface area contributed by atoms with E-state index in [9.17, 15) is 27.2 Å². The van der Waals surface area contributed by atoms with Crippen molar-refractivity contribution in [2.75, 3.05) is 0 Å². The molecule has 98 valence electrons. The van der Waals surface area contributed by atoms with E-state index >= 15 is 0 Å². The van der Waals surface area contributed by atoms with E-state index in [1.54, 1.807) is 0 Å². The molecule has 0 bridgehead atoms. The molecular weight excluding hydrogens is 260 g/mol. The fraction of sp³-hybridized carbons (Fsp3) is 0.200. The average Bonchev–Trinajstić information content (AvgIpc) is 2.37. The van der Waals surface area contributed by atoms with Gasteiger partial charge in [-0.2, -0.15) is 0 Å². The molecule has 0 amide bonds. The zero-order chi connectivity index (χ0) is 13.7. The minimum atomic E-state index is -1.71. The second-order valence-electron chi connectivity index (χ2n) is 3.03. The Morgan fingerprint density at radius 2 is 1.00 bits per heavy atom. The molecule has 0 aliphatic carbocycles. The number of halogens is 4.